The Morgan fingerprint density at radius 1 is 0.760 bits per heavy atom. The van der Waals surface area contributed by atoms with E-state index in [-0.39, 0.29) is 28.4 Å². The first-order valence-corrected chi connectivity index (χ1v) is 7.91. The molecule has 0 saturated heterocycles. The van der Waals surface area contributed by atoms with Crippen molar-refractivity contribution in [2.75, 3.05) is 5.73 Å². The fraction of sp³-hybridized carbons (Fsp3) is 0.0476. The second kappa shape index (κ2) is 5.60. The van der Waals surface area contributed by atoms with Gasteiger partial charge in [0.15, 0.2) is 11.6 Å². The molecule has 0 aliphatic heterocycles. The van der Waals surface area contributed by atoms with Crippen molar-refractivity contribution in [2.24, 2.45) is 0 Å². The van der Waals surface area contributed by atoms with E-state index in [4.69, 9.17) is 10.5 Å². The number of rotatable bonds is 2. The van der Waals surface area contributed by atoms with E-state index in [9.17, 15) is 9.59 Å². The minimum Gasteiger partial charge on any atom is -0.457 e. The van der Waals surface area contributed by atoms with E-state index in [0.717, 1.165) is 5.56 Å². The monoisotopic (exact) mass is 329 g/mol. The third kappa shape index (κ3) is 2.39. The number of nitrogens with two attached hydrogens (primary N) is 1. The van der Waals surface area contributed by atoms with Gasteiger partial charge in [-0.15, -0.1) is 0 Å². The van der Waals surface area contributed by atoms with Crippen LogP contribution >= 0.6 is 0 Å². The van der Waals surface area contributed by atoms with Gasteiger partial charge in [0, 0.05) is 16.8 Å². The summed E-state index contributed by atoms with van der Waals surface area (Å²) in [5.41, 5.74) is 8.58. The highest BCUT2D eigenvalue weighted by atomic mass is 16.5. The summed E-state index contributed by atoms with van der Waals surface area (Å²) in [5.74, 6) is 0.425. The van der Waals surface area contributed by atoms with Gasteiger partial charge in [0.05, 0.1) is 11.1 Å². The van der Waals surface area contributed by atoms with Crippen LogP contribution in [0.15, 0.2) is 60.7 Å². The molecular formula is C21H15NO3. The molecule has 0 unspecified atom stereocenters. The zero-order valence-electron chi connectivity index (χ0n) is 13.6. The second-order valence-corrected chi connectivity index (χ2v) is 6.02. The van der Waals surface area contributed by atoms with E-state index >= 15 is 0 Å². The fourth-order valence-corrected chi connectivity index (χ4v) is 3.04. The molecule has 2 N–H and O–H groups in total. The molecule has 0 amide bonds. The summed E-state index contributed by atoms with van der Waals surface area (Å²) >= 11 is 0. The van der Waals surface area contributed by atoms with Gasteiger partial charge in [-0.3, -0.25) is 9.59 Å². The molecule has 3 aromatic rings. The lowest BCUT2D eigenvalue weighted by molar-refractivity contribution is 0.0977. The van der Waals surface area contributed by atoms with Crippen molar-refractivity contribution < 1.29 is 14.3 Å². The Labute approximate surface area is 144 Å². The minimum absolute atomic E-state index is 0.216. The van der Waals surface area contributed by atoms with Crippen LogP contribution < -0.4 is 10.5 Å². The lowest BCUT2D eigenvalue weighted by Crippen LogP contribution is -2.23. The molecule has 1 aliphatic carbocycles. The van der Waals surface area contributed by atoms with Gasteiger partial charge in [-0.2, -0.15) is 0 Å². The molecule has 0 aromatic heterocycles. The van der Waals surface area contributed by atoms with Crippen LogP contribution in [0.1, 0.15) is 37.4 Å². The highest BCUT2D eigenvalue weighted by Gasteiger charge is 2.34. The number of carbonyl (C=O) groups is 2. The van der Waals surface area contributed by atoms with Crippen LogP contribution in [0.5, 0.6) is 11.5 Å². The van der Waals surface area contributed by atoms with Crippen molar-refractivity contribution in [1.29, 1.82) is 0 Å². The first-order chi connectivity index (χ1) is 12.1. The molecule has 4 nitrogen and oxygen atoms in total. The first kappa shape index (κ1) is 15.1. The summed E-state index contributed by atoms with van der Waals surface area (Å²) < 4.78 is 5.89. The quantitative estimate of drug-likeness (QED) is 0.561. The number of aryl methyl sites for hydroxylation is 1. The lowest BCUT2D eigenvalue weighted by atomic mass is 9.83. The van der Waals surface area contributed by atoms with E-state index in [0.29, 0.717) is 22.6 Å². The average Bonchev–Trinajstić information content (AvgIpc) is 2.63. The summed E-state index contributed by atoms with van der Waals surface area (Å²) in [6, 6.07) is 17.5. The van der Waals surface area contributed by atoms with Gasteiger partial charge < -0.3 is 10.5 Å². The van der Waals surface area contributed by atoms with Gasteiger partial charge in [-0.1, -0.05) is 42.0 Å². The number of ether oxygens (including phenoxy) is 1. The standard InChI is InChI=1S/C21H15NO3/c1-12-6-8-13(9-7-12)25-17-11-10-16(22)18-19(17)21(24)15-5-3-2-4-14(15)20(18)23/h2-11H,22H2,1H3. The summed E-state index contributed by atoms with van der Waals surface area (Å²) in [5, 5.41) is 0. The summed E-state index contributed by atoms with van der Waals surface area (Å²) in [4.78, 5) is 25.8. The number of carbonyl (C=O) groups excluding carboxylic acids is 2. The van der Waals surface area contributed by atoms with Crippen molar-refractivity contribution in [2.45, 2.75) is 6.92 Å². The number of hydrogen-bond acceptors (Lipinski definition) is 4. The van der Waals surface area contributed by atoms with Crippen LogP contribution in [0.2, 0.25) is 0 Å². The zero-order valence-corrected chi connectivity index (χ0v) is 13.6. The van der Waals surface area contributed by atoms with Crippen LogP contribution in [0.3, 0.4) is 0 Å². The van der Waals surface area contributed by atoms with Gasteiger partial charge in [-0.25, -0.2) is 0 Å². The van der Waals surface area contributed by atoms with E-state index in [1.165, 1.54) is 0 Å². The van der Waals surface area contributed by atoms with Crippen LogP contribution in [-0.4, -0.2) is 11.6 Å². The predicted molar refractivity (Wildman–Crippen MR) is 95.4 cm³/mol. The zero-order chi connectivity index (χ0) is 17.6. The predicted octanol–water partition coefficient (Wildman–Crippen LogP) is 4.14. The summed E-state index contributed by atoms with van der Waals surface area (Å²) in [6.07, 6.45) is 0. The Kier molecular flexibility index (Phi) is 3.39. The third-order valence-electron chi connectivity index (χ3n) is 4.32. The SMILES string of the molecule is Cc1ccc(Oc2ccc(N)c3c2C(=O)c2ccccc2C3=O)cc1. The molecule has 122 valence electrons. The lowest BCUT2D eigenvalue weighted by Gasteiger charge is -2.21. The highest BCUT2D eigenvalue weighted by molar-refractivity contribution is 6.31. The smallest absolute Gasteiger partial charge is 0.198 e. The number of ketones is 2. The summed E-state index contributed by atoms with van der Waals surface area (Å²) in [6.45, 7) is 1.98. The van der Waals surface area contributed by atoms with Gasteiger partial charge in [-0.05, 0) is 31.2 Å². The maximum absolute atomic E-state index is 13.0. The van der Waals surface area contributed by atoms with Crippen molar-refractivity contribution in [3.63, 3.8) is 0 Å². The molecule has 0 radical (unpaired) electrons. The molecule has 0 saturated carbocycles. The van der Waals surface area contributed by atoms with Crippen molar-refractivity contribution >= 4 is 17.3 Å². The van der Waals surface area contributed by atoms with Crippen molar-refractivity contribution in [3.05, 3.63) is 88.5 Å². The normalized spacial score (nSPS) is 12.5. The topological polar surface area (TPSA) is 69.4 Å². The van der Waals surface area contributed by atoms with Crippen LogP contribution in [-0.2, 0) is 0 Å². The Bertz CT molecular complexity index is 1020. The van der Waals surface area contributed by atoms with Crippen LogP contribution in [0, 0.1) is 6.92 Å². The van der Waals surface area contributed by atoms with Gasteiger partial charge in [0.1, 0.15) is 11.5 Å². The largest absolute Gasteiger partial charge is 0.457 e. The third-order valence-corrected chi connectivity index (χ3v) is 4.32. The first-order valence-electron chi connectivity index (χ1n) is 7.91. The molecule has 0 bridgehead atoms. The maximum atomic E-state index is 13.0. The fourth-order valence-electron chi connectivity index (χ4n) is 3.04. The number of benzene rings is 3. The number of fused-ring (bicyclic) bond motifs is 2. The van der Waals surface area contributed by atoms with Gasteiger partial charge in [0.25, 0.3) is 0 Å². The Balaban J connectivity index is 1.88. The van der Waals surface area contributed by atoms with Crippen molar-refractivity contribution in [3.8, 4) is 11.5 Å². The van der Waals surface area contributed by atoms with Crippen LogP contribution in [0.25, 0.3) is 0 Å². The maximum Gasteiger partial charge on any atom is 0.198 e. The molecule has 3 aromatic carbocycles. The molecule has 0 heterocycles. The van der Waals surface area contributed by atoms with E-state index in [2.05, 4.69) is 0 Å². The van der Waals surface area contributed by atoms with E-state index in [1.807, 2.05) is 31.2 Å². The molecule has 1 aliphatic rings. The van der Waals surface area contributed by atoms with Crippen molar-refractivity contribution in [1.82, 2.24) is 0 Å². The molecule has 0 spiro atoms. The average molecular weight is 329 g/mol. The van der Waals surface area contributed by atoms with E-state index < -0.39 is 0 Å². The summed E-state index contributed by atoms with van der Waals surface area (Å²) in [7, 11) is 0. The number of hydrogen-bond donors (Lipinski definition) is 1. The minimum atomic E-state index is -0.253. The molecule has 25 heavy (non-hydrogen) atoms. The highest BCUT2D eigenvalue weighted by Crippen LogP contribution is 2.38. The van der Waals surface area contributed by atoms with Crippen LogP contribution in [0.4, 0.5) is 5.69 Å². The molecule has 4 rings (SSSR count). The van der Waals surface area contributed by atoms with Gasteiger partial charge in [0.2, 0.25) is 0 Å². The molecule has 4 heteroatoms. The number of nitrogen functional groups attached to an aromatic ring is 1. The Hall–Kier alpha value is -3.40. The molecular weight excluding hydrogens is 314 g/mol. The van der Waals surface area contributed by atoms with Gasteiger partial charge >= 0.3 is 0 Å². The molecule has 0 fully saturated rings. The molecule has 0 atom stereocenters. The second-order valence-electron chi connectivity index (χ2n) is 6.02. The Morgan fingerprint density at radius 2 is 1.36 bits per heavy atom. The Morgan fingerprint density at radius 3 is 2.00 bits per heavy atom. The number of anilines is 1. The van der Waals surface area contributed by atoms with E-state index in [1.54, 1.807) is 36.4 Å².